The molecule has 26 heavy (non-hydrogen) atoms. The van der Waals surface area contributed by atoms with Crippen LogP contribution in [0.4, 0.5) is 0 Å². The predicted molar refractivity (Wildman–Crippen MR) is 96.6 cm³/mol. The van der Waals surface area contributed by atoms with Crippen molar-refractivity contribution < 1.29 is 30.0 Å². The van der Waals surface area contributed by atoms with Crippen LogP contribution < -0.4 is 0 Å². The normalized spacial score (nSPS) is 30.2. The van der Waals surface area contributed by atoms with Crippen molar-refractivity contribution in [3.63, 3.8) is 0 Å². The van der Waals surface area contributed by atoms with E-state index < -0.39 is 35.0 Å². The van der Waals surface area contributed by atoms with Gasteiger partial charge in [-0.15, -0.1) is 0 Å². The van der Waals surface area contributed by atoms with Gasteiger partial charge in [-0.05, 0) is 49.9 Å². The molecule has 0 aromatic rings. The van der Waals surface area contributed by atoms with Crippen LogP contribution >= 0.6 is 0 Å². The summed E-state index contributed by atoms with van der Waals surface area (Å²) >= 11 is 0. The third-order valence-corrected chi connectivity index (χ3v) is 6.97. The van der Waals surface area contributed by atoms with Gasteiger partial charge in [0.25, 0.3) is 0 Å². The van der Waals surface area contributed by atoms with E-state index in [2.05, 4.69) is 20.8 Å². The molecule has 0 saturated heterocycles. The second kappa shape index (κ2) is 7.47. The molecule has 0 aromatic heterocycles. The molecule has 4 N–H and O–H groups in total. The van der Waals surface area contributed by atoms with Crippen molar-refractivity contribution in [3.05, 3.63) is 0 Å². The van der Waals surface area contributed by atoms with E-state index in [1.165, 1.54) is 0 Å². The summed E-state index contributed by atoms with van der Waals surface area (Å²) in [4.78, 5) is 24.2. The molecule has 6 nitrogen and oxygen atoms in total. The molecule has 2 fully saturated rings. The summed E-state index contributed by atoms with van der Waals surface area (Å²) in [6.45, 7) is 6.41. The highest BCUT2D eigenvalue weighted by Gasteiger charge is 2.67. The minimum Gasteiger partial charge on any atom is -0.479 e. The average molecular weight is 370 g/mol. The average Bonchev–Trinajstić information content (AvgIpc) is 2.60. The molecule has 2 saturated carbocycles. The van der Waals surface area contributed by atoms with Gasteiger partial charge in [-0.3, -0.25) is 0 Å². The van der Waals surface area contributed by atoms with Crippen molar-refractivity contribution in [1.29, 1.82) is 0 Å². The molecule has 2 unspecified atom stereocenters. The van der Waals surface area contributed by atoms with E-state index in [0.717, 1.165) is 32.1 Å². The summed E-state index contributed by atoms with van der Waals surface area (Å²) in [5.74, 6) is -4.35. The van der Waals surface area contributed by atoms with E-state index in [1.807, 2.05) is 0 Å². The Morgan fingerprint density at radius 1 is 0.654 bits per heavy atom. The lowest BCUT2D eigenvalue weighted by molar-refractivity contribution is -0.236. The zero-order chi connectivity index (χ0) is 19.8. The van der Waals surface area contributed by atoms with Crippen LogP contribution in [0.1, 0.15) is 78.6 Å². The lowest BCUT2D eigenvalue weighted by Gasteiger charge is -2.49. The number of hydrogen-bond acceptors (Lipinski definition) is 4. The maximum Gasteiger partial charge on any atom is 0.339 e. The SMILES string of the molecule is CC(C)(C)C1CCC(C(O)(C(=O)O)C(O)(C(=O)O)C2CCCCC2)CC1. The highest BCUT2D eigenvalue weighted by atomic mass is 16.5. The van der Waals surface area contributed by atoms with Crippen LogP contribution in [0.25, 0.3) is 0 Å². The largest absolute Gasteiger partial charge is 0.479 e. The van der Waals surface area contributed by atoms with E-state index >= 15 is 0 Å². The topological polar surface area (TPSA) is 115 Å². The number of carboxylic acid groups (broad SMARTS) is 2. The van der Waals surface area contributed by atoms with Gasteiger partial charge in [-0.25, -0.2) is 9.59 Å². The standard InChI is InChI=1S/C20H34O6/c1-18(2,3)13-9-11-15(12-10-13)20(26,17(23)24)19(25,16(21)22)14-7-5-4-6-8-14/h13-15,25-26H,4-12H2,1-3H3,(H,21,22)(H,23,24). The fourth-order valence-electron chi connectivity index (χ4n) is 5.20. The minimum absolute atomic E-state index is 0.0821. The van der Waals surface area contributed by atoms with Gasteiger partial charge in [-0.1, -0.05) is 40.0 Å². The fourth-order valence-corrected chi connectivity index (χ4v) is 5.20. The molecule has 0 spiro atoms. The Morgan fingerprint density at radius 2 is 1.00 bits per heavy atom. The van der Waals surface area contributed by atoms with Gasteiger partial charge < -0.3 is 20.4 Å². The Morgan fingerprint density at radius 3 is 1.35 bits per heavy atom. The van der Waals surface area contributed by atoms with Gasteiger partial charge in [0, 0.05) is 11.8 Å². The first-order valence-corrected chi connectivity index (χ1v) is 9.87. The molecule has 0 aliphatic heterocycles. The molecule has 2 rings (SSSR count). The first kappa shape index (κ1) is 21.2. The summed E-state index contributed by atoms with van der Waals surface area (Å²) in [6, 6.07) is 0. The third kappa shape index (κ3) is 3.50. The second-order valence-electron chi connectivity index (χ2n) is 9.39. The molecule has 150 valence electrons. The minimum atomic E-state index is -2.66. The molecule has 2 atom stereocenters. The summed E-state index contributed by atoms with van der Waals surface area (Å²) in [5, 5.41) is 42.0. The Balaban J connectivity index is 2.35. The van der Waals surface area contributed by atoms with Crippen molar-refractivity contribution in [3.8, 4) is 0 Å². The van der Waals surface area contributed by atoms with Crippen LogP contribution in [-0.2, 0) is 9.59 Å². The monoisotopic (exact) mass is 370 g/mol. The number of carbonyl (C=O) groups is 2. The summed E-state index contributed by atoms with van der Waals surface area (Å²) in [6.07, 6.45) is 5.55. The molecule has 0 radical (unpaired) electrons. The maximum atomic E-state index is 12.1. The Hall–Kier alpha value is -1.14. The molecule has 2 aliphatic carbocycles. The first-order chi connectivity index (χ1) is 12.0. The van der Waals surface area contributed by atoms with Crippen LogP contribution in [0.15, 0.2) is 0 Å². The zero-order valence-electron chi connectivity index (χ0n) is 16.2. The first-order valence-electron chi connectivity index (χ1n) is 9.87. The summed E-state index contributed by atoms with van der Waals surface area (Å²) < 4.78 is 0. The molecule has 2 aliphatic rings. The van der Waals surface area contributed by atoms with E-state index in [4.69, 9.17) is 0 Å². The van der Waals surface area contributed by atoms with Crippen LogP contribution in [-0.4, -0.2) is 43.6 Å². The number of rotatable bonds is 5. The predicted octanol–water partition coefficient (Wildman–Crippen LogP) is 3.05. The molecule has 0 heterocycles. The molecule has 0 amide bonds. The zero-order valence-corrected chi connectivity index (χ0v) is 16.2. The molecular formula is C20H34O6. The molecular weight excluding hydrogens is 336 g/mol. The Labute approximate surface area is 155 Å². The Bertz CT molecular complexity index is 525. The van der Waals surface area contributed by atoms with Gasteiger partial charge in [0.15, 0.2) is 0 Å². The van der Waals surface area contributed by atoms with Gasteiger partial charge in [-0.2, -0.15) is 0 Å². The number of aliphatic carboxylic acids is 2. The van der Waals surface area contributed by atoms with Crippen LogP contribution in [0, 0.1) is 23.2 Å². The molecule has 0 aromatic carbocycles. The number of aliphatic hydroxyl groups is 2. The van der Waals surface area contributed by atoms with Gasteiger partial charge in [0.1, 0.15) is 0 Å². The highest BCUT2D eigenvalue weighted by molar-refractivity contribution is 5.91. The lowest BCUT2D eigenvalue weighted by atomic mass is 9.59. The fraction of sp³-hybridized carbons (Fsp3) is 0.900. The van der Waals surface area contributed by atoms with E-state index in [1.54, 1.807) is 0 Å². The Kier molecular flexibility index (Phi) is 6.08. The summed E-state index contributed by atoms with van der Waals surface area (Å²) in [5.41, 5.74) is -5.24. The lowest BCUT2D eigenvalue weighted by Crippen LogP contribution is -2.71. The molecule has 6 heteroatoms. The van der Waals surface area contributed by atoms with Crippen molar-refractivity contribution >= 4 is 11.9 Å². The van der Waals surface area contributed by atoms with E-state index in [-0.39, 0.29) is 5.41 Å². The van der Waals surface area contributed by atoms with Crippen LogP contribution in [0.2, 0.25) is 0 Å². The van der Waals surface area contributed by atoms with E-state index in [9.17, 15) is 30.0 Å². The smallest absolute Gasteiger partial charge is 0.339 e. The van der Waals surface area contributed by atoms with Crippen LogP contribution in [0.5, 0.6) is 0 Å². The van der Waals surface area contributed by atoms with Gasteiger partial charge >= 0.3 is 11.9 Å². The quantitative estimate of drug-likeness (QED) is 0.591. The third-order valence-electron chi connectivity index (χ3n) is 6.97. The van der Waals surface area contributed by atoms with Crippen molar-refractivity contribution in [1.82, 2.24) is 0 Å². The van der Waals surface area contributed by atoms with Crippen molar-refractivity contribution in [2.75, 3.05) is 0 Å². The van der Waals surface area contributed by atoms with E-state index in [0.29, 0.717) is 31.6 Å². The van der Waals surface area contributed by atoms with Gasteiger partial charge in [0.05, 0.1) is 0 Å². The number of hydrogen-bond donors (Lipinski definition) is 4. The second-order valence-corrected chi connectivity index (χ2v) is 9.39. The molecule has 0 bridgehead atoms. The number of carboxylic acids is 2. The maximum absolute atomic E-state index is 12.1. The highest BCUT2D eigenvalue weighted by Crippen LogP contribution is 2.49. The van der Waals surface area contributed by atoms with Crippen molar-refractivity contribution in [2.24, 2.45) is 23.2 Å². The van der Waals surface area contributed by atoms with Gasteiger partial charge in [0.2, 0.25) is 11.2 Å². The van der Waals surface area contributed by atoms with Crippen molar-refractivity contribution in [2.45, 2.75) is 89.8 Å². The summed E-state index contributed by atoms with van der Waals surface area (Å²) in [7, 11) is 0. The van der Waals surface area contributed by atoms with Crippen LogP contribution in [0.3, 0.4) is 0 Å².